The highest BCUT2D eigenvalue weighted by atomic mass is 16.5. The maximum Gasteiger partial charge on any atom is 0.243 e. The summed E-state index contributed by atoms with van der Waals surface area (Å²) >= 11 is 0. The van der Waals surface area contributed by atoms with E-state index >= 15 is 0 Å². The second-order valence-electron chi connectivity index (χ2n) is 13.3. The molecule has 8 rings (SSSR count). The largest absolute Gasteiger partial charge is 0.487 e. The highest BCUT2D eigenvalue weighted by molar-refractivity contribution is 6.15. The summed E-state index contributed by atoms with van der Waals surface area (Å²) in [4.78, 5) is 45.8. The summed E-state index contributed by atoms with van der Waals surface area (Å²) in [6.07, 6.45) is 2.71. The maximum absolute atomic E-state index is 14.1. The lowest BCUT2D eigenvalue weighted by Crippen LogP contribution is -2.79. The van der Waals surface area contributed by atoms with Gasteiger partial charge in [-0.3, -0.25) is 19.3 Å². The number of piperazine rings is 1. The van der Waals surface area contributed by atoms with E-state index in [1.807, 2.05) is 37.9 Å². The summed E-state index contributed by atoms with van der Waals surface area (Å²) in [7, 11) is 1.97. The van der Waals surface area contributed by atoms with E-state index in [0.717, 1.165) is 31.5 Å². The van der Waals surface area contributed by atoms with E-state index < -0.39 is 27.5 Å². The van der Waals surface area contributed by atoms with Crippen molar-refractivity contribution < 1.29 is 19.1 Å². The van der Waals surface area contributed by atoms with Crippen LogP contribution >= 0.6 is 0 Å². The minimum Gasteiger partial charge on any atom is -0.487 e. The lowest BCUT2D eigenvalue weighted by molar-refractivity contribution is -0.189. The first kappa shape index (κ1) is 21.8. The van der Waals surface area contributed by atoms with Crippen molar-refractivity contribution in [3.63, 3.8) is 0 Å². The third-order valence-electron chi connectivity index (χ3n) is 11.2. The van der Waals surface area contributed by atoms with Gasteiger partial charge in [0.15, 0.2) is 5.78 Å². The van der Waals surface area contributed by atoms with Gasteiger partial charge in [-0.05, 0) is 68.5 Å². The molecule has 3 spiro atoms. The van der Waals surface area contributed by atoms with Crippen LogP contribution in [0.25, 0.3) is 0 Å². The third kappa shape index (κ3) is 2.11. The molecule has 1 aliphatic carbocycles. The zero-order chi connectivity index (χ0) is 24.9. The van der Waals surface area contributed by atoms with Crippen LogP contribution in [0.2, 0.25) is 0 Å². The molecule has 35 heavy (non-hydrogen) atoms. The number of hydrogen-bond donors (Lipinski definition) is 1. The Morgan fingerprint density at radius 2 is 1.86 bits per heavy atom. The quantitative estimate of drug-likeness (QED) is 0.620. The molecule has 2 bridgehead atoms. The molecule has 0 radical (unpaired) electrons. The molecular formula is C28H35N3O4. The molecule has 5 atom stereocenters. The van der Waals surface area contributed by atoms with Gasteiger partial charge in [0.25, 0.3) is 0 Å². The van der Waals surface area contributed by atoms with Crippen LogP contribution in [-0.4, -0.2) is 64.2 Å². The number of rotatable bonds is 0. The molecule has 1 saturated carbocycles. The molecule has 1 aromatic carbocycles. The lowest BCUT2D eigenvalue weighted by atomic mass is 9.56. The van der Waals surface area contributed by atoms with Crippen molar-refractivity contribution >= 4 is 23.3 Å². The summed E-state index contributed by atoms with van der Waals surface area (Å²) in [5.74, 6) is 1.25. The van der Waals surface area contributed by atoms with Crippen molar-refractivity contribution in [2.24, 2.45) is 17.3 Å². The summed E-state index contributed by atoms with van der Waals surface area (Å²) in [6, 6.07) is 3.89. The van der Waals surface area contributed by atoms with Crippen molar-refractivity contribution in [3.05, 3.63) is 23.3 Å². The number of piperidine rings is 2. The summed E-state index contributed by atoms with van der Waals surface area (Å²) in [6.45, 7) is 12.3. The van der Waals surface area contributed by atoms with E-state index in [1.165, 1.54) is 0 Å². The van der Waals surface area contributed by atoms with Gasteiger partial charge in [0.05, 0.1) is 28.6 Å². The lowest BCUT2D eigenvalue weighted by Gasteiger charge is -2.65. The fourth-order valence-electron chi connectivity index (χ4n) is 9.46. The van der Waals surface area contributed by atoms with Crippen molar-refractivity contribution in [2.45, 2.75) is 82.4 Å². The smallest absolute Gasteiger partial charge is 0.243 e. The Bertz CT molecular complexity index is 1250. The maximum atomic E-state index is 14.1. The normalized spacial score (nSPS) is 42.0. The van der Waals surface area contributed by atoms with Gasteiger partial charge in [0, 0.05) is 13.6 Å². The van der Waals surface area contributed by atoms with Gasteiger partial charge >= 0.3 is 0 Å². The molecule has 7 aliphatic rings. The minimum atomic E-state index is -0.807. The predicted octanol–water partition coefficient (Wildman–Crippen LogP) is 3.36. The van der Waals surface area contributed by atoms with Crippen LogP contribution in [0.1, 0.15) is 76.2 Å². The van der Waals surface area contributed by atoms with E-state index in [0.29, 0.717) is 29.3 Å². The number of nitrogens with zero attached hydrogens (tertiary/aromatic N) is 2. The van der Waals surface area contributed by atoms with Crippen LogP contribution < -0.4 is 10.1 Å². The molecular weight excluding hydrogens is 442 g/mol. The van der Waals surface area contributed by atoms with Crippen LogP contribution in [0, 0.1) is 17.3 Å². The average molecular weight is 478 g/mol. The number of carbonyl (C=O) groups excluding carboxylic acids is 3. The van der Waals surface area contributed by atoms with Gasteiger partial charge in [-0.2, -0.15) is 0 Å². The Morgan fingerprint density at radius 3 is 2.60 bits per heavy atom. The molecule has 1 aromatic rings. The Kier molecular flexibility index (Phi) is 3.70. The molecule has 1 N–H and O–H groups in total. The zero-order valence-electron chi connectivity index (χ0n) is 21.6. The molecule has 7 nitrogen and oxygen atoms in total. The van der Waals surface area contributed by atoms with E-state index in [-0.39, 0.29) is 29.9 Å². The van der Waals surface area contributed by atoms with Crippen molar-refractivity contribution in [1.29, 1.82) is 0 Å². The van der Waals surface area contributed by atoms with Gasteiger partial charge in [0.2, 0.25) is 11.8 Å². The number of amides is 2. The van der Waals surface area contributed by atoms with Crippen molar-refractivity contribution in [2.75, 3.05) is 25.5 Å². The van der Waals surface area contributed by atoms with Crippen LogP contribution in [0.3, 0.4) is 0 Å². The van der Waals surface area contributed by atoms with Crippen molar-refractivity contribution in [3.8, 4) is 5.75 Å². The molecule has 6 heterocycles. The summed E-state index contributed by atoms with van der Waals surface area (Å²) in [5.41, 5.74) is -0.575. The number of ketones is 1. The van der Waals surface area contributed by atoms with Gasteiger partial charge in [-0.1, -0.05) is 26.8 Å². The minimum absolute atomic E-state index is 0.0124. The van der Waals surface area contributed by atoms with E-state index in [9.17, 15) is 14.4 Å². The summed E-state index contributed by atoms with van der Waals surface area (Å²) in [5, 5.41) is 3.16. The summed E-state index contributed by atoms with van der Waals surface area (Å²) < 4.78 is 6.16. The highest BCUT2D eigenvalue weighted by Gasteiger charge is 2.80. The second kappa shape index (κ2) is 5.93. The number of fused-ring (bicyclic) bond motifs is 5. The molecule has 5 fully saturated rings. The zero-order valence-corrected chi connectivity index (χ0v) is 21.6. The number of carbonyl (C=O) groups is 3. The highest BCUT2D eigenvalue weighted by Crippen LogP contribution is 2.72. The van der Waals surface area contributed by atoms with Gasteiger partial charge in [-0.15, -0.1) is 0 Å². The first-order valence-corrected chi connectivity index (χ1v) is 13.1. The first-order valence-electron chi connectivity index (χ1n) is 13.1. The molecule has 0 unspecified atom stereocenters. The van der Waals surface area contributed by atoms with Crippen LogP contribution in [-0.2, 0) is 15.0 Å². The van der Waals surface area contributed by atoms with Crippen LogP contribution in [0.15, 0.2) is 12.1 Å². The molecule has 2 amide bonds. The Labute approximate surface area is 206 Å². The van der Waals surface area contributed by atoms with Crippen molar-refractivity contribution in [1.82, 2.24) is 9.80 Å². The second-order valence-corrected chi connectivity index (χ2v) is 13.3. The number of hydrogen-bond acceptors (Lipinski definition) is 5. The first-order chi connectivity index (χ1) is 16.3. The average Bonchev–Trinajstić information content (AvgIpc) is 3.32. The Balaban J connectivity index is 1.43. The predicted molar refractivity (Wildman–Crippen MR) is 130 cm³/mol. The Morgan fingerprint density at radius 1 is 1.11 bits per heavy atom. The van der Waals surface area contributed by atoms with Gasteiger partial charge < -0.3 is 15.0 Å². The number of likely N-dealkylation sites (N-methyl/N-ethyl adjacent to an activating group) is 1. The topological polar surface area (TPSA) is 79.0 Å². The molecule has 7 heteroatoms. The van der Waals surface area contributed by atoms with Crippen LogP contribution in [0.5, 0.6) is 5.75 Å². The number of benzene rings is 1. The monoisotopic (exact) mass is 477 g/mol. The molecule has 6 aliphatic heterocycles. The number of Topliss-reactive ketones (excluding diaryl/α,β-unsaturated/α-hetero) is 1. The van der Waals surface area contributed by atoms with E-state index in [1.54, 1.807) is 0 Å². The number of nitrogens with one attached hydrogen (secondary N) is 1. The third-order valence-corrected chi connectivity index (χ3v) is 11.2. The molecule has 0 aromatic heterocycles. The molecule has 4 saturated heterocycles. The fourth-order valence-corrected chi connectivity index (χ4v) is 9.46. The SMILES string of the molecule is C[C@@H]1CCN2C[C@@]34C[C@@]5(C(=O)Nc6c5ccc5c6C(=O)CC(C)(C)O5)C(C)(C)[C@@H]3C[C@@]12C(=O)N4C. The number of ether oxygens (including phenoxy) is 1. The van der Waals surface area contributed by atoms with E-state index in [2.05, 4.69) is 31.0 Å². The standard InChI is InChI=1S/C28H35N3O4/c1-15-9-10-31-14-26-13-27(25(4,5)19(26)12-28(15,31)23(34)30(26)6)16-7-8-18-20(21(16)29-22(27)33)17(32)11-24(2,3)35-18/h7-8,15,19H,9-14H2,1-6H3,(H,29,33)/t15-,19+,26+,27-,28+/m1/s1. The van der Waals surface area contributed by atoms with Gasteiger partial charge in [-0.25, -0.2) is 0 Å². The van der Waals surface area contributed by atoms with E-state index in [4.69, 9.17) is 4.74 Å². The molecule has 186 valence electrons. The van der Waals surface area contributed by atoms with Gasteiger partial charge in [0.1, 0.15) is 16.9 Å². The number of anilines is 1. The van der Waals surface area contributed by atoms with Crippen LogP contribution in [0.4, 0.5) is 5.69 Å². The Hall–Kier alpha value is -2.41. The fraction of sp³-hybridized carbons (Fsp3) is 0.679.